The van der Waals surface area contributed by atoms with Crippen LogP contribution in [0.15, 0.2) is 36.5 Å². The summed E-state index contributed by atoms with van der Waals surface area (Å²) in [5.41, 5.74) is -0.364. The molecule has 4 aromatic rings. The Hall–Kier alpha value is -3.65. The highest BCUT2D eigenvalue weighted by Gasteiger charge is 2.49. The van der Waals surface area contributed by atoms with Crippen LogP contribution in [0.4, 0.5) is 23.4 Å². The Balaban J connectivity index is 0.00000392. The van der Waals surface area contributed by atoms with Crippen molar-refractivity contribution in [2.75, 3.05) is 57.8 Å². The molecule has 2 aromatic carbocycles. The maximum absolute atomic E-state index is 17.0. The summed E-state index contributed by atoms with van der Waals surface area (Å²) in [5, 5.41) is 4.91. The molecule has 0 aliphatic carbocycles. The summed E-state index contributed by atoms with van der Waals surface area (Å²) in [4.78, 5) is 17.8. The number of pyridine rings is 1. The highest BCUT2D eigenvalue weighted by molar-refractivity contribution is 6.01. The third-order valence-corrected chi connectivity index (χ3v) is 10.6. The normalized spacial score (nSPS) is 28.1. The van der Waals surface area contributed by atoms with Crippen LogP contribution in [0, 0.1) is 11.6 Å². The van der Waals surface area contributed by atoms with Crippen molar-refractivity contribution < 1.29 is 33.2 Å². The van der Waals surface area contributed by atoms with Crippen LogP contribution in [-0.4, -0.2) is 96.2 Å². The molecule has 7 heterocycles. The number of fused-ring (bicyclic) bond motifs is 9. The summed E-state index contributed by atoms with van der Waals surface area (Å²) in [7, 11) is 0. The Morgan fingerprint density at radius 2 is 1.94 bits per heavy atom. The Morgan fingerprint density at radius 1 is 1.06 bits per heavy atom. The van der Waals surface area contributed by atoms with E-state index in [1.165, 1.54) is 12.3 Å². The van der Waals surface area contributed by atoms with Gasteiger partial charge in [0.25, 0.3) is 0 Å². The molecule has 0 radical (unpaired) electrons. The Morgan fingerprint density at radius 3 is 2.84 bits per heavy atom. The number of piperidine rings is 1. The van der Waals surface area contributed by atoms with Crippen LogP contribution >= 0.6 is 0 Å². The van der Waals surface area contributed by atoms with E-state index < -0.39 is 35.1 Å². The van der Waals surface area contributed by atoms with E-state index in [9.17, 15) is 4.39 Å². The SMILES string of the molecule is C[C@@]12C[C@@H](F)CN(C1)c1nc(OC[C@@]34CCCN3C[C@H](F)C4)nc3c(F)c(ncc13)-c1cccc3ccc(F)c(c13)CCCOCOCN2.[HH]. The maximum Gasteiger partial charge on any atom is 0.319 e. The van der Waals surface area contributed by atoms with Gasteiger partial charge in [-0.1, -0.05) is 24.3 Å². The third kappa shape index (κ3) is 6.08. The molecule has 6 bridgehead atoms. The molecule has 0 unspecified atom stereocenters. The first-order valence-electron chi connectivity index (χ1n) is 17.1. The van der Waals surface area contributed by atoms with Crippen molar-refractivity contribution >= 4 is 27.5 Å². The van der Waals surface area contributed by atoms with Crippen molar-refractivity contribution in [2.45, 2.75) is 68.9 Å². The first-order valence-corrected chi connectivity index (χ1v) is 17.1. The van der Waals surface area contributed by atoms with Crippen LogP contribution in [0.2, 0.25) is 0 Å². The lowest BCUT2D eigenvalue weighted by Gasteiger charge is -2.43. The monoisotopic (exact) mass is 682 g/mol. The van der Waals surface area contributed by atoms with E-state index in [1.807, 2.05) is 13.0 Å². The predicted octanol–water partition coefficient (Wildman–Crippen LogP) is 6.12. The fourth-order valence-corrected chi connectivity index (χ4v) is 8.40. The number of anilines is 1. The van der Waals surface area contributed by atoms with Gasteiger partial charge in [-0.25, -0.2) is 17.6 Å². The summed E-state index contributed by atoms with van der Waals surface area (Å²) in [6, 6.07) is 8.39. The summed E-state index contributed by atoms with van der Waals surface area (Å²) in [6.07, 6.45) is 2.48. The Bertz CT molecular complexity index is 1890. The van der Waals surface area contributed by atoms with E-state index in [4.69, 9.17) is 19.2 Å². The lowest BCUT2D eigenvalue weighted by atomic mass is 9.90. The molecule has 3 fully saturated rings. The largest absolute Gasteiger partial charge is 0.461 e. The van der Waals surface area contributed by atoms with E-state index >= 15 is 13.2 Å². The second-order valence-electron chi connectivity index (χ2n) is 14.2. The minimum atomic E-state index is -1.22. The molecule has 0 amide bonds. The highest BCUT2D eigenvalue weighted by atomic mass is 19.1. The molecule has 3 saturated heterocycles. The minimum absolute atomic E-state index is 0. The zero-order chi connectivity index (χ0) is 33.8. The van der Waals surface area contributed by atoms with Crippen molar-refractivity contribution in [3.63, 3.8) is 0 Å². The first kappa shape index (κ1) is 32.5. The predicted molar refractivity (Wildman–Crippen MR) is 179 cm³/mol. The summed E-state index contributed by atoms with van der Waals surface area (Å²) < 4.78 is 80.1. The molecule has 1 N–H and O–H groups in total. The number of ether oxygens (including phenoxy) is 3. The standard InChI is InChI=1S/C36H40F4N6O3.H2/c1-35-13-23(37)16-45(18-35)33-27-15-41-31(30(40)32(27)43-34(44-33)49-19-36-10-4-11-46(36)17-24(38)14-36)26-6-2-5-22-8-9-28(39)25(29(22)26)7-3-12-47-21-48-20-42-35;/h2,5-6,8-9,15,23-24,42H,3-4,7,10-14,16-21H2,1H3;1H/t23-,24-,35-,36+;/m1./s1. The third-order valence-electron chi connectivity index (χ3n) is 10.6. The van der Waals surface area contributed by atoms with Gasteiger partial charge in [0.05, 0.1) is 24.2 Å². The van der Waals surface area contributed by atoms with Gasteiger partial charge in [-0.05, 0) is 68.0 Å². The molecule has 0 saturated carbocycles. The van der Waals surface area contributed by atoms with Crippen LogP contribution in [-0.2, 0) is 15.9 Å². The number of halogens is 4. The van der Waals surface area contributed by atoms with Crippen molar-refractivity contribution in [1.29, 1.82) is 0 Å². The molecular weight excluding hydrogens is 640 g/mol. The van der Waals surface area contributed by atoms with Gasteiger partial charge < -0.3 is 19.1 Å². The minimum Gasteiger partial charge on any atom is -0.461 e. The molecule has 4 atom stereocenters. The van der Waals surface area contributed by atoms with E-state index in [1.54, 1.807) is 23.1 Å². The molecule has 262 valence electrons. The second-order valence-corrected chi connectivity index (χ2v) is 14.2. The van der Waals surface area contributed by atoms with Crippen molar-refractivity contribution in [1.82, 2.24) is 25.2 Å². The van der Waals surface area contributed by atoms with E-state index in [0.717, 1.165) is 24.8 Å². The molecule has 13 heteroatoms. The zero-order valence-electron chi connectivity index (χ0n) is 27.5. The van der Waals surface area contributed by atoms with Crippen LogP contribution in [0.1, 0.15) is 46.0 Å². The number of rotatable bonds is 3. The van der Waals surface area contributed by atoms with Gasteiger partial charge in [0.1, 0.15) is 48.6 Å². The van der Waals surface area contributed by atoms with Gasteiger partial charge in [-0.2, -0.15) is 9.97 Å². The van der Waals surface area contributed by atoms with Gasteiger partial charge in [0.2, 0.25) is 0 Å². The van der Waals surface area contributed by atoms with Crippen molar-refractivity contribution in [3.05, 3.63) is 53.7 Å². The second kappa shape index (κ2) is 12.9. The summed E-state index contributed by atoms with van der Waals surface area (Å²) in [6.45, 7) is 4.01. The average Bonchev–Trinajstić information content (AvgIpc) is 3.60. The fourth-order valence-electron chi connectivity index (χ4n) is 8.40. The highest BCUT2D eigenvalue weighted by Crippen LogP contribution is 2.42. The fraction of sp³-hybridized carbons (Fsp3) is 0.528. The maximum atomic E-state index is 17.0. The number of hydrogen-bond acceptors (Lipinski definition) is 9. The number of benzene rings is 2. The molecule has 9 rings (SSSR count). The van der Waals surface area contributed by atoms with Crippen LogP contribution in [0.3, 0.4) is 0 Å². The van der Waals surface area contributed by atoms with Gasteiger partial charge in [0, 0.05) is 44.8 Å². The van der Waals surface area contributed by atoms with E-state index in [0.29, 0.717) is 60.9 Å². The molecular formula is C36H42F4N6O3. The van der Waals surface area contributed by atoms with Crippen molar-refractivity contribution in [3.8, 4) is 17.3 Å². The molecule has 0 spiro atoms. The first-order chi connectivity index (χ1) is 23.7. The van der Waals surface area contributed by atoms with Crippen LogP contribution < -0.4 is 15.0 Å². The molecule has 49 heavy (non-hydrogen) atoms. The lowest BCUT2D eigenvalue weighted by Crippen LogP contribution is -2.59. The van der Waals surface area contributed by atoms with E-state index in [-0.39, 0.29) is 57.6 Å². The van der Waals surface area contributed by atoms with Gasteiger partial charge >= 0.3 is 6.01 Å². The van der Waals surface area contributed by atoms with Gasteiger partial charge in [0.15, 0.2) is 5.82 Å². The zero-order valence-corrected chi connectivity index (χ0v) is 27.5. The molecule has 2 aromatic heterocycles. The van der Waals surface area contributed by atoms with Crippen LogP contribution in [0.5, 0.6) is 6.01 Å². The number of aryl methyl sites for hydroxylation is 1. The molecule has 5 aliphatic rings. The molecule has 9 nitrogen and oxygen atoms in total. The summed E-state index contributed by atoms with van der Waals surface area (Å²) in [5.74, 6) is -0.830. The van der Waals surface area contributed by atoms with E-state index in [2.05, 4.69) is 20.2 Å². The lowest BCUT2D eigenvalue weighted by molar-refractivity contribution is -0.0667. The number of nitrogens with zero attached hydrogens (tertiary/aromatic N) is 5. The smallest absolute Gasteiger partial charge is 0.319 e. The van der Waals surface area contributed by atoms with Gasteiger partial charge in [-0.3, -0.25) is 15.2 Å². The van der Waals surface area contributed by atoms with Gasteiger partial charge in [-0.15, -0.1) is 0 Å². The molecule has 5 aliphatic heterocycles. The number of hydrogen-bond donors (Lipinski definition) is 1. The topological polar surface area (TPSA) is 84.9 Å². The van der Waals surface area contributed by atoms with Crippen LogP contribution in [0.25, 0.3) is 32.9 Å². The number of nitrogens with one attached hydrogen (secondary N) is 1. The Labute approximate surface area is 283 Å². The summed E-state index contributed by atoms with van der Waals surface area (Å²) >= 11 is 0. The Kier molecular flexibility index (Phi) is 8.58. The quantitative estimate of drug-likeness (QED) is 0.257. The average molecular weight is 683 g/mol. The number of aromatic nitrogens is 3. The van der Waals surface area contributed by atoms with Crippen molar-refractivity contribution in [2.24, 2.45) is 0 Å². The number of alkyl halides is 2.